The Morgan fingerprint density at radius 1 is 1.00 bits per heavy atom. The normalized spacial score (nSPS) is 10.0. The predicted molar refractivity (Wildman–Crippen MR) is 101 cm³/mol. The van der Waals surface area contributed by atoms with E-state index in [1.54, 1.807) is 42.5 Å². The van der Waals surface area contributed by atoms with E-state index in [1.165, 1.54) is 0 Å². The van der Waals surface area contributed by atoms with Crippen LogP contribution in [0.1, 0.15) is 22.3 Å². The first-order valence-electron chi connectivity index (χ1n) is 8.25. The molecule has 0 aliphatic rings. The monoisotopic (exact) mass is 389 g/mol. The van der Waals surface area contributed by atoms with Gasteiger partial charge in [-0.3, -0.25) is 25.2 Å². The second-order valence-corrected chi connectivity index (χ2v) is 6.08. The van der Waals surface area contributed by atoms with E-state index in [0.29, 0.717) is 16.3 Å². The molecule has 0 fully saturated rings. The molecule has 142 valence electrons. The molecular weight excluding hydrogens is 370 g/mol. The van der Waals surface area contributed by atoms with Crippen molar-refractivity contribution in [1.82, 2.24) is 16.2 Å². The Balaban J connectivity index is 1.62. The van der Waals surface area contributed by atoms with Gasteiger partial charge in [0, 0.05) is 23.6 Å². The van der Waals surface area contributed by atoms with E-state index in [0.717, 1.165) is 5.56 Å². The minimum atomic E-state index is -0.510. The summed E-state index contributed by atoms with van der Waals surface area (Å²) in [6, 6.07) is 13.7. The second kappa shape index (κ2) is 10.2. The summed E-state index contributed by atoms with van der Waals surface area (Å²) in [6.07, 6.45) is 0.0239. The molecule has 7 nitrogen and oxygen atoms in total. The zero-order valence-corrected chi connectivity index (χ0v) is 15.5. The molecule has 2 aromatic rings. The van der Waals surface area contributed by atoms with E-state index < -0.39 is 11.8 Å². The van der Waals surface area contributed by atoms with Crippen LogP contribution >= 0.6 is 11.6 Å². The molecule has 3 amide bonds. The van der Waals surface area contributed by atoms with Gasteiger partial charge in [-0.2, -0.15) is 0 Å². The van der Waals surface area contributed by atoms with Crippen LogP contribution in [0.15, 0.2) is 48.5 Å². The summed E-state index contributed by atoms with van der Waals surface area (Å²) in [6.45, 7) is 1.72. The zero-order chi connectivity index (χ0) is 19.6. The standard InChI is InChI=1S/C19H20ClN3O4/c1-13-11-15(7-8-16(13)20)27-12-18(25)23-22-17(24)9-10-21-19(26)14-5-3-2-4-6-14/h2-8,11H,9-10,12H2,1H3,(H,21,26)(H,22,24)(H,23,25). The highest BCUT2D eigenvalue weighted by atomic mass is 35.5. The van der Waals surface area contributed by atoms with Crippen molar-refractivity contribution in [3.05, 3.63) is 64.7 Å². The molecular formula is C19H20ClN3O4. The lowest BCUT2D eigenvalue weighted by atomic mass is 10.2. The van der Waals surface area contributed by atoms with Crippen molar-refractivity contribution in [3.8, 4) is 5.75 Å². The smallest absolute Gasteiger partial charge is 0.276 e. The van der Waals surface area contributed by atoms with E-state index in [-0.39, 0.29) is 25.5 Å². The molecule has 8 heteroatoms. The minimum Gasteiger partial charge on any atom is -0.484 e. The average Bonchev–Trinajstić information content (AvgIpc) is 2.68. The molecule has 0 atom stereocenters. The number of rotatable bonds is 7. The van der Waals surface area contributed by atoms with Gasteiger partial charge in [0.2, 0.25) is 5.91 Å². The summed E-state index contributed by atoms with van der Waals surface area (Å²) < 4.78 is 5.32. The number of halogens is 1. The van der Waals surface area contributed by atoms with Gasteiger partial charge in [0.25, 0.3) is 11.8 Å². The number of amides is 3. The highest BCUT2D eigenvalue weighted by Gasteiger charge is 2.08. The fourth-order valence-corrected chi connectivity index (χ4v) is 2.19. The van der Waals surface area contributed by atoms with Gasteiger partial charge in [0.1, 0.15) is 5.75 Å². The Kier molecular flexibility index (Phi) is 7.63. The Labute approximate surface area is 162 Å². The highest BCUT2D eigenvalue weighted by molar-refractivity contribution is 6.31. The van der Waals surface area contributed by atoms with Crippen molar-refractivity contribution < 1.29 is 19.1 Å². The van der Waals surface area contributed by atoms with E-state index in [1.807, 2.05) is 13.0 Å². The van der Waals surface area contributed by atoms with Crippen LogP contribution in [0.4, 0.5) is 0 Å². The van der Waals surface area contributed by atoms with Gasteiger partial charge in [-0.05, 0) is 42.8 Å². The molecule has 3 N–H and O–H groups in total. The fourth-order valence-electron chi connectivity index (χ4n) is 2.08. The van der Waals surface area contributed by atoms with E-state index in [2.05, 4.69) is 16.2 Å². The maximum absolute atomic E-state index is 11.8. The van der Waals surface area contributed by atoms with Crippen LogP contribution in [0, 0.1) is 6.92 Å². The van der Waals surface area contributed by atoms with Crippen LogP contribution in [-0.2, 0) is 9.59 Å². The minimum absolute atomic E-state index is 0.0239. The second-order valence-electron chi connectivity index (χ2n) is 5.67. The Morgan fingerprint density at radius 2 is 1.70 bits per heavy atom. The number of hydrogen-bond acceptors (Lipinski definition) is 4. The molecule has 2 rings (SSSR count). The van der Waals surface area contributed by atoms with Crippen molar-refractivity contribution in [2.24, 2.45) is 0 Å². The molecule has 0 spiro atoms. The van der Waals surface area contributed by atoms with Crippen molar-refractivity contribution in [3.63, 3.8) is 0 Å². The van der Waals surface area contributed by atoms with Gasteiger partial charge >= 0.3 is 0 Å². The Morgan fingerprint density at radius 3 is 2.41 bits per heavy atom. The number of ether oxygens (including phenoxy) is 1. The summed E-state index contributed by atoms with van der Waals surface area (Å²) in [5.41, 5.74) is 5.86. The van der Waals surface area contributed by atoms with E-state index >= 15 is 0 Å². The van der Waals surface area contributed by atoms with Gasteiger partial charge in [0.15, 0.2) is 6.61 Å². The molecule has 0 aromatic heterocycles. The van der Waals surface area contributed by atoms with Gasteiger partial charge < -0.3 is 10.1 Å². The molecule has 0 aliphatic heterocycles. The molecule has 0 radical (unpaired) electrons. The molecule has 2 aromatic carbocycles. The molecule has 0 unspecified atom stereocenters. The van der Waals surface area contributed by atoms with Crippen LogP contribution in [0.2, 0.25) is 5.02 Å². The summed E-state index contributed by atoms with van der Waals surface area (Å²) >= 11 is 5.92. The summed E-state index contributed by atoms with van der Waals surface area (Å²) in [5, 5.41) is 3.24. The van der Waals surface area contributed by atoms with Crippen LogP contribution < -0.4 is 20.9 Å². The van der Waals surface area contributed by atoms with E-state index in [9.17, 15) is 14.4 Å². The molecule has 0 bridgehead atoms. The van der Waals surface area contributed by atoms with Crippen molar-refractivity contribution >= 4 is 29.3 Å². The predicted octanol–water partition coefficient (Wildman–Crippen LogP) is 1.99. The SMILES string of the molecule is Cc1cc(OCC(=O)NNC(=O)CCNC(=O)c2ccccc2)ccc1Cl. The zero-order valence-electron chi connectivity index (χ0n) is 14.8. The lowest BCUT2D eigenvalue weighted by Crippen LogP contribution is -2.44. The fraction of sp³-hybridized carbons (Fsp3) is 0.211. The first-order chi connectivity index (χ1) is 13.0. The van der Waals surface area contributed by atoms with Gasteiger partial charge in [-0.1, -0.05) is 29.8 Å². The number of nitrogens with one attached hydrogen (secondary N) is 3. The lowest BCUT2D eigenvalue weighted by molar-refractivity contribution is -0.129. The van der Waals surface area contributed by atoms with Crippen molar-refractivity contribution in [2.45, 2.75) is 13.3 Å². The summed E-state index contributed by atoms with van der Waals surface area (Å²) in [7, 11) is 0. The Hall–Kier alpha value is -3.06. The third-order valence-corrected chi connectivity index (χ3v) is 3.94. The van der Waals surface area contributed by atoms with Gasteiger partial charge in [-0.25, -0.2) is 0 Å². The number of hydrogen-bond donors (Lipinski definition) is 3. The topological polar surface area (TPSA) is 96.5 Å². The quantitative estimate of drug-likeness (QED) is 0.631. The van der Waals surface area contributed by atoms with Crippen molar-refractivity contribution in [1.29, 1.82) is 0 Å². The number of aryl methyl sites for hydroxylation is 1. The van der Waals surface area contributed by atoms with E-state index in [4.69, 9.17) is 16.3 Å². The molecule has 0 aliphatic carbocycles. The maximum atomic E-state index is 11.8. The third-order valence-electron chi connectivity index (χ3n) is 3.51. The first-order valence-corrected chi connectivity index (χ1v) is 8.63. The molecule has 0 saturated carbocycles. The molecule has 27 heavy (non-hydrogen) atoms. The van der Waals surface area contributed by atoms with Crippen molar-refractivity contribution in [2.75, 3.05) is 13.2 Å². The van der Waals surface area contributed by atoms with Crippen LogP contribution in [0.5, 0.6) is 5.75 Å². The van der Waals surface area contributed by atoms with Crippen LogP contribution in [0.3, 0.4) is 0 Å². The number of hydrazine groups is 1. The maximum Gasteiger partial charge on any atom is 0.276 e. The largest absolute Gasteiger partial charge is 0.484 e. The van der Waals surface area contributed by atoms with Gasteiger partial charge in [0.05, 0.1) is 0 Å². The first kappa shape index (κ1) is 20.3. The summed E-state index contributed by atoms with van der Waals surface area (Å²) in [5.74, 6) is -0.704. The molecule has 0 heterocycles. The number of carbonyl (C=O) groups is 3. The van der Waals surface area contributed by atoms with Gasteiger partial charge in [-0.15, -0.1) is 0 Å². The third kappa shape index (κ3) is 6.99. The lowest BCUT2D eigenvalue weighted by Gasteiger charge is -2.10. The average molecular weight is 390 g/mol. The molecule has 0 saturated heterocycles. The van der Waals surface area contributed by atoms with Crippen LogP contribution in [-0.4, -0.2) is 30.9 Å². The number of benzene rings is 2. The number of carbonyl (C=O) groups excluding carboxylic acids is 3. The van der Waals surface area contributed by atoms with Crippen LogP contribution in [0.25, 0.3) is 0 Å². The Bertz CT molecular complexity index is 812. The highest BCUT2D eigenvalue weighted by Crippen LogP contribution is 2.20. The summed E-state index contributed by atoms with van der Waals surface area (Å²) in [4.78, 5) is 35.2.